The van der Waals surface area contributed by atoms with Gasteiger partial charge in [-0.15, -0.1) is 0 Å². The fourth-order valence-corrected chi connectivity index (χ4v) is 1.66. The molecule has 0 unspecified atom stereocenters. The van der Waals surface area contributed by atoms with Crippen molar-refractivity contribution in [2.75, 3.05) is 18.4 Å². The lowest BCUT2D eigenvalue weighted by atomic mass is 10.4. The van der Waals surface area contributed by atoms with E-state index >= 15 is 0 Å². The van der Waals surface area contributed by atoms with Crippen molar-refractivity contribution in [3.05, 3.63) is 23.5 Å². The monoisotopic (exact) mass is 219 g/mol. The molecule has 0 aromatic carbocycles. The molecule has 0 fully saturated rings. The number of anilines is 1. The molecule has 0 saturated heterocycles. The van der Waals surface area contributed by atoms with Gasteiger partial charge in [0, 0.05) is 24.4 Å². The Morgan fingerprint density at radius 2 is 2.12 bits per heavy atom. The lowest BCUT2D eigenvalue weighted by Crippen LogP contribution is -2.11. The second-order valence-corrected chi connectivity index (χ2v) is 3.91. The predicted octanol–water partition coefficient (Wildman–Crippen LogP) is 1.11. The van der Waals surface area contributed by atoms with E-state index in [9.17, 15) is 0 Å². The molecular weight excluding hydrogens is 202 g/mol. The molecule has 2 rings (SSSR count). The Morgan fingerprint density at radius 1 is 1.31 bits per heavy atom. The average molecular weight is 219 g/mol. The minimum Gasteiger partial charge on any atom is -0.370 e. The number of aromatic nitrogens is 3. The maximum absolute atomic E-state index is 5.46. The second kappa shape index (κ2) is 4.49. The fraction of sp³-hybridized carbons (Fsp3) is 0.455. The molecule has 0 spiro atoms. The molecule has 3 N–H and O–H groups in total. The van der Waals surface area contributed by atoms with Crippen molar-refractivity contribution in [3.63, 3.8) is 0 Å². The van der Waals surface area contributed by atoms with E-state index < -0.39 is 0 Å². The van der Waals surface area contributed by atoms with Crippen LogP contribution in [0.5, 0.6) is 0 Å². The Balaban J connectivity index is 2.34. The number of hydrogen-bond acceptors (Lipinski definition) is 4. The number of fused-ring (bicyclic) bond motifs is 1. The maximum atomic E-state index is 5.46. The molecule has 5 nitrogen and oxygen atoms in total. The zero-order valence-corrected chi connectivity index (χ0v) is 9.70. The number of hydrogen-bond donors (Lipinski definition) is 2. The van der Waals surface area contributed by atoms with Gasteiger partial charge in [0.15, 0.2) is 5.65 Å². The summed E-state index contributed by atoms with van der Waals surface area (Å²) < 4.78 is 1.83. The first kappa shape index (κ1) is 10.9. The van der Waals surface area contributed by atoms with Crippen molar-refractivity contribution in [2.24, 2.45) is 5.73 Å². The van der Waals surface area contributed by atoms with Crippen molar-refractivity contribution in [1.82, 2.24) is 14.6 Å². The van der Waals surface area contributed by atoms with Gasteiger partial charge in [-0.3, -0.25) is 0 Å². The predicted molar refractivity (Wildman–Crippen MR) is 64.6 cm³/mol. The van der Waals surface area contributed by atoms with Gasteiger partial charge in [0.25, 0.3) is 0 Å². The van der Waals surface area contributed by atoms with Gasteiger partial charge in [0.2, 0.25) is 0 Å². The molecule has 0 aliphatic carbocycles. The van der Waals surface area contributed by atoms with Crippen LogP contribution in [-0.2, 0) is 0 Å². The summed E-state index contributed by atoms with van der Waals surface area (Å²) in [5.41, 5.74) is 8.31. The van der Waals surface area contributed by atoms with Crippen LogP contribution >= 0.6 is 0 Å². The van der Waals surface area contributed by atoms with Crippen LogP contribution in [0.3, 0.4) is 0 Å². The summed E-state index contributed by atoms with van der Waals surface area (Å²) in [7, 11) is 0. The highest BCUT2D eigenvalue weighted by atomic mass is 15.3. The number of nitrogens with two attached hydrogens (primary N) is 1. The zero-order chi connectivity index (χ0) is 11.5. The molecule has 0 atom stereocenters. The zero-order valence-electron chi connectivity index (χ0n) is 9.70. The third-order valence-electron chi connectivity index (χ3n) is 2.36. The van der Waals surface area contributed by atoms with Crippen LogP contribution in [0, 0.1) is 13.8 Å². The number of rotatable bonds is 4. The van der Waals surface area contributed by atoms with Gasteiger partial charge in [0.1, 0.15) is 5.82 Å². The molecule has 0 saturated carbocycles. The van der Waals surface area contributed by atoms with Gasteiger partial charge in [-0.05, 0) is 26.8 Å². The smallest absolute Gasteiger partial charge is 0.157 e. The molecule has 2 heterocycles. The molecule has 0 radical (unpaired) electrons. The summed E-state index contributed by atoms with van der Waals surface area (Å²) >= 11 is 0. The summed E-state index contributed by atoms with van der Waals surface area (Å²) in [6.45, 7) is 5.50. The Morgan fingerprint density at radius 3 is 2.88 bits per heavy atom. The lowest BCUT2D eigenvalue weighted by Gasteiger charge is -2.08. The van der Waals surface area contributed by atoms with Crippen LogP contribution < -0.4 is 11.1 Å². The van der Waals surface area contributed by atoms with E-state index in [1.807, 2.05) is 30.5 Å². The quantitative estimate of drug-likeness (QED) is 0.756. The van der Waals surface area contributed by atoms with E-state index in [0.29, 0.717) is 6.54 Å². The number of nitrogens with zero attached hydrogens (tertiary/aromatic N) is 3. The second-order valence-electron chi connectivity index (χ2n) is 3.91. The first-order valence-electron chi connectivity index (χ1n) is 5.48. The molecule has 86 valence electrons. The van der Waals surface area contributed by atoms with E-state index in [-0.39, 0.29) is 0 Å². The van der Waals surface area contributed by atoms with Gasteiger partial charge in [-0.1, -0.05) is 0 Å². The lowest BCUT2D eigenvalue weighted by molar-refractivity contribution is 0.846. The molecule has 16 heavy (non-hydrogen) atoms. The van der Waals surface area contributed by atoms with Crippen molar-refractivity contribution in [3.8, 4) is 0 Å². The van der Waals surface area contributed by atoms with Crippen molar-refractivity contribution in [1.29, 1.82) is 0 Å². The fourth-order valence-electron chi connectivity index (χ4n) is 1.66. The van der Waals surface area contributed by atoms with Gasteiger partial charge < -0.3 is 11.1 Å². The Bertz CT molecular complexity index is 488. The standard InChI is InChI=1S/C11H17N5/c1-8-6-10(13-5-3-4-12)16-11(14-8)7-9(2)15-16/h6-7,13H,3-5,12H2,1-2H3. The largest absolute Gasteiger partial charge is 0.370 e. The van der Waals surface area contributed by atoms with Gasteiger partial charge in [-0.25, -0.2) is 4.98 Å². The molecular formula is C11H17N5. The van der Waals surface area contributed by atoms with Crippen LogP contribution in [0.1, 0.15) is 17.8 Å². The summed E-state index contributed by atoms with van der Waals surface area (Å²) in [6, 6.07) is 3.97. The Kier molecular flexibility index (Phi) is 3.05. The SMILES string of the molecule is Cc1cc(NCCCN)n2nc(C)cc2n1. The summed E-state index contributed by atoms with van der Waals surface area (Å²) in [6.07, 6.45) is 0.948. The van der Waals surface area contributed by atoms with Gasteiger partial charge in [0.05, 0.1) is 5.69 Å². The van der Waals surface area contributed by atoms with E-state index in [1.54, 1.807) is 0 Å². The number of aryl methyl sites for hydroxylation is 2. The van der Waals surface area contributed by atoms with Crippen molar-refractivity contribution < 1.29 is 0 Å². The normalized spacial score (nSPS) is 10.9. The molecule has 2 aromatic rings. The van der Waals surface area contributed by atoms with Crippen molar-refractivity contribution >= 4 is 11.5 Å². The number of nitrogens with one attached hydrogen (secondary N) is 1. The summed E-state index contributed by atoms with van der Waals surface area (Å²) in [5.74, 6) is 0.976. The topological polar surface area (TPSA) is 68.2 Å². The van der Waals surface area contributed by atoms with Gasteiger partial charge in [-0.2, -0.15) is 9.61 Å². The maximum Gasteiger partial charge on any atom is 0.157 e. The highest BCUT2D eigenvalue weighted by Gasteiger charge is 2.05. The Hall–Kier alpha value is -1.62. The van der Waals surface area contributed by atoms with E-state index in [1.165, 1.54) is 0 Å². The highest BCUT2D eigenvalue weighted by Crippen LogP contribution is 2.13. The molecule has 0 amide bonds. The van der Waals surface area contributed by atoms with E-state index in [2.05, 4.69) is 15.4 Å². The summed E-state index contributed by atoms with van der Waals surface area (Å²) in [4.78, 5) is 4.42. The molecule has 5 heteroatoms. The van der Waals surface area contributed by atoms with Crippen molar-refractivity contribution in [2.45, 2.75) is 20.3 Å². The first-order valence-corrected chi connectivity index (χ1v) is 5.48. The molecule has 0 aliphatic heterocycles. The summed E-state index contributed by atoms with van der Waals surface area (Å²) in [5, 5.41) is 7.72. The van der Waals surface area contributed by atoms with Crippen LogP contribution in [0.15, 0.2) is 12.1 Å². The highest BCUT2D eigenvalue weighted by molar-refractivity contribution is 5.50. The first-order chi connectivity index (χ1) is 7.70. The molecule has 2 aromatic heterocycles. The molecule has 0 bridgehead atoms. The van der Waals surface area contributed by atoms with Gasteiger partial charge >= 0.3 is 0 Å². The van der Waals surface area contributed by atoms with E-state index in [0.717, 1.165) is 35.8 Å². The van der Waals surface area contributed by atoms with Crippen LogP contribution in [-0.4, -0.2) is 27.7 Å². The minimum absolute atomic E-state index is 0.693. The van der Waals surface area contributed by atoms with E-state index in [4.69, 9.17) is 5.73 Å². The van der Waals surface area contributed by atoms with Crippen LogP contribution in [0.2, 0.25) is 0 Å². The average Bonchev–Trinajstić information content (AvgIpc) is 2.58. The third-order valence-corrected chi connectivity index (χ3v) is 2.36. The molecule has 0 aliphatic rings. The van der Waals surface area contributed by atoms with Crippen LogP contribution in [0.4, 0.5) is 5.82 Å². The third kappa shape index (κ3) is 2.14. The minimum atomic E-state index is 0.693. The Labute approximate surface area is 94.7 Å². The van der Waals surface area contributed by atoms with Crippen LogP contribution in [0.25, 0.3) is 5.65 Å².